The summed E-state index contributed by atoms with van der Waals surface area (Å²) in [5.74, 6) is 1.40. The van der Waals surface area contributed by atoms with Crippen LogP contribution in [0.5, 0.6) is 0 Å². The van der Waals surface area contributed by atoms with E-state index in [1.807, 2.05) is 0 Å². The number of aliphatic hydroxyl groups is 1. The molecule has 16 heavy (non-hydrogen) atoms. The Kier molecular flexibility index (Phi) is 6.63. The van der Waals surface area contributed by atoms with Crippen LogP contribution in [0.4, 0.5) is 5.82 Å². The molecule has 90 valence electrons. The summed E-state index contributed by atoms with van der Waals surface area (Å²) in [5, 5.41) is 12.3. The standard InChI is InChI=1S/C11H18IN3O/c1-2-3-9(4-5-16)6-14-11-10(12)7-13-8-15-11/h7-9,16H,2-6H2,1H3,(H,13,14,15). The van der Waals surface area contributed by atoms with Crippen LogP contribution in [0.3, 0.4) is 0 Å². The first-order chi connectivity index (χ1) is 7.77. The molecule has 1 atom stereocenters. The molecule has 0 saturated carbocycles. The summed E-state index contributed by atoms with van der Waals surface area (Å²) in [6.45, 7) is 3.29. The zero-order valence-electron chi connectivity index (χ0n) is 9.49. The molecular formula is C11H18IN3O. The molecule has 1 rings (SSSR count). The number of hydrogen-bond donors (Lipinski definition) is 2. The van der Waals surface area contributed by atoms with Crippen LogP contribution in [0.2, 0.25) is 0 Å². The van der Waals surface area contributed by atoms with Gasteiger partial charge in [0.15, 0.2) is 0 Å². The first kappa shape index (κ1) is 13.6. The van der Waals surface area contributed by atoms with Gasteiger partial charge < -0.3 is 10.4 Å². The van der Waals surface area contributed by atoms with Crippen LogP contribution >= 0.6 is 22.6 Å². The highest BCUT2D eigenvalue weighted by atomic mass is 127. The van der Waals surface area contributed by atoms with Crippen molar-refractivity contribution in [2.45, 2.75) is 26.2 Å². The van der Waals surface area contributed by atoms with Gasteiger partial charge in [-0.1, -0.05) is 13.3 Å². The van der Waals surface area contributed by atoms with E-state index in [9.17, 15) is 0 Å². The quantitative estimate of drug-likeness (QED) is 0.751. The highest BCUT2D eigenvalue weighted by Crippen LogP contribution is 2.15. The monoisotopic (exact) mass is 335 g/mol. The van der Waals surface area contributed by atoms with Crippen molar-refractivity contribution in [3.05, 3.63) is 16.1 Å². The number of nitrogens with one attached hydrogen (secondary N) is 1. The van der Waals surface area contributed by atoms with Crippen molar-refractivity contribution in [1.29, 1.82) is 0 Å². The number of anilines is 1. The molecule has 1 aromatic heterocycles. The molecule has 0 aliphatic carbocycles. The Morgan fingerprint density at radius 2 is 2.31 bits per heavy atom. The number of halogens is 1. The summed E-state index contributed by atoms with van der Waals surface area (Å²) in [5.41, 5.74) is 0. The molecule has 4 nitrogen and oxygen atoms in total. The van der Waals surface area contributed by atoms with Crippen molar-refractivity contribution in [3.63, 3.8) is 0 Å². The summed E-state index contributed by atoms with van der Waals surface area (Å²) >= 11 is 2.21. The van der Waals surface area contributed by atoms with Gasteiger partial charge in [0, 0.05) is 19.3 Å². The maximum absolute atomic E-state index is 8.96. The van der Waals surface area contributed by atoms with E-state index in [1.54, 1.807) is 12.5 Å². The normalized spacial score (nSPS) is 12.4. The van der Waals surface area contributed by atoms with Crippen LogP contribution in [-0.2, 0) is 0 Å². The number of aliphatic hydroxyl groups excluding tert-OH is 1. The fraction of sp³-hybridized carbons (Fsp3) is 0.636. The van der Waals surface area contributed by atoms with Crippen LogP contribution in [0.1, 0.15) is 26.2 Å². The maximum Gasteiger partial charge on any atom is 0.142 e. The van der Waals surface area contributed by atoms with Crippen LogP contribution in [-0.4, -0.2) is 28.2 Å². The molecule has 1 heterocycles. The Labute approximate surface area is 110 Å². The summed E-state index contributed by atoms with van der Waals surface area (Å²) in [6.07, 6.45) is 6.47. The molecule has 0 radical (unpaired) electrons. The minimum absolute atomic E-state index is 0.257. The third kappa shape index (κ3) is 4.61. The molecule has 2 N–H and O–H groups in total. The summed E-state index contributed by atoms with van der Waals surface area (Å²) < 4.78 is 1.03. The molecule has 0 saturated heterocycles. The highest BCUT2D eigenvalue weighted by Gasteiger charge is 2.08. The Morgan fingerprint density at radius 3 is 2.94 bits per heavy atom. The zero-order chi connectivity index (χ0) is 11.8. The number of nitrogens with zero attached hydrogens (tertiary/aromatic N) is 2. The van der Waals surface area contributed by atoms with Crippen molar-refractivity contribution in [3.8, 4) is 0 Å². The predicted octanol–water partition coefficient (Wildman–Crippen LogP) is 2.29. The van der Waals surface area contributed by atoms with Gasteiger partial charge in [0.05, 0.1) is 3.57 Å². The van der Waals surface area contributed by atoms with E-state index >= 15 is 0 Å². The van der Waals surface area contributed by atoms with Gasteiger partial charge >= 0.3 is 0 Å². The van der Waals surface area contributed by atoms with Gasteiger partial charge in [0.2, 0.25) is 0 Å². The third-order valence-electron chi connectivity index (χ3n) is 2.46. The second-order valence-electron chi connectivity index (χ2n) is 3.77. The van der Waals surface area contributed by atoms with E-state index in [4.69, 9.17) is 5.11 Å². The second-order valence-corrected chi connectivity index (χ2v) is 4.93. The minimum Gasteiger partial charge on any atom is -0.396 e. The van der Waals surface area contributed by atoms with Crippen LogP contribution < -0.4 is 5.32 Å². The van der Waals surface area contributed by atoms with Gasteiger partial charge in [-0.15, -0.1) is 0 Å². The summed E-state index contributed by atoms with van der Waals surface area (Å²) in [4.78, 5) is 8.12. The lowest BCUT2D eigenvalue weighted by Gasteiger charge is -2.16. The van der Waals surface area contributed by atoms with Gasteiger partial charge in [0.25, 0.3) is 0 Å². The highest BCUT2D eigenvalue weighted by molar-refractivity contribution is 14.1. The molecule has 1 unspecified atom stereocenters. The molecule has 0 aliphatic rings. The zero-order valence-corrected chi connectivity index (χ0v) is 11.6. The van der Waals surface area contributed by atoms with Crippen molar-refractivity contribution in [1.82, 2.24) is 9.97 Å². The lowest BCUT2D eigenvalue weighted by molar-refractivity contribution is 0.255. The molecule has 0 aliphatic heterocycles. The molecule has 1 aromatic rings. The minimum atomic E-state index is 0.257. The average Bonchev–Trinajstić information content (AvgIpc) is 2.28. The van der Waals surface area contributed by atoms with Crippen LogP contribution in [0.25, 0.3) is 0 Å². The van der Waals surface area contributed by atoms with E-state index in [0.29, 0.717) is 5.92 Å². The molecule has 0 fully saturated rings. The Morgan fingerprint density at radius 1 is 1.50 bits per heavy atom. The van der Waals surface area contributed by atoms with Crippen molar-refractivity contribution >= 4 is 28.4 Å². The predicted molar refractivity (Wildman–Crippen MR) is 73.3 cm³/mol. The summed E-state index contributed by atoms with van der Waals surface area (Å²) in [7, 11) is 0. The van der Waals surface area contributed by atoms with Gasteiger partial charge in [-0.05, 0) is 41.4 Å². The molecule has 5 heteroatoms. The van der Waals surface area contributed by atoms with Crippen molar-refractivity contribution < 1.29 is 5.11 Å². The molecule has 0 amide bonds. The van der Waals surface area contributed by atoms with E-state index in [0.717, 1.165) is 35.2 Å². The van der Waals surface area contributed by atoms with E-state index in [1.165, 1.54) is 0 Å². The lowest BCUT2D eigenvalue weighted by atomic mass is 10.0. The fourth-order valence-electron chi connectivity index (χ4n) is 1.62. The van der Waals surface area contributed by atoms with E-state index < -0.39 is 0 Å². The third-order valence-corrected chi connectivity index (χ3v) is 3.25. The average molecular weight is 335 g/mol. The maximum atomic E-state index is 8.96. The fourth-order valence-corrected chi connectivity index (χ4v) is 2.11. The smallest absolute Gasteiger partial charge is 0.142 e. The molecule has 0 aromatic carbocycles. The number of aromatic nitrogens is 2. The van der Waals surface area contributed by atoms with Gasteiger partial charge in [-0.2, -0.15) is 0 Å². The van der Waals surface area contributed by atoms with Crippen molar-refractivity contribution in [2.75, 3.05) is 18.5 Å². The largest absolute Gasteiger partial charge is 0.396 e. The number of rotatable bonds is 7. The van der Waals surface area contributed by atoms with Gasteiger partial charge in [0.1, 0.15) is 12.1 Å². The van der Waals surface area contributed by atoms with E-state index in [-0.39, 0.29) is 6.61 Å². The molecular weight excluding hydrogens is 317 g/mol. The molecule has 0 bridgehead atoms. The number of hydrogen-bond acceptors (Lipinski definition) is 4. The van der Waals surface area contributed by atoms with Gasteiger partial charge in [-0.3, -0.25) is 0 Å². The summed E-state index contributed by atoms with van der Waals surface area (Å²) in [6, 6.07) is 0. The van der Waals surface area contributed by atoms with Crippen molar-refractivity contribution in [2.24, 2.45) is 5.92 Å². The Hall–Kier alpha value is -0.430. The first-order valence-electron chi connectivity index (χ1n) is 5.58. The molecule has 0 spiro atoms. The SMILES string of the molecule is CCCC(CCO)CNc1ncncc1I. The Balaban J connectivity index is 2.45. The second kappa shape index (κ2) is 7.78. The van der Waals surface area contributed by atoms with Crippen LogP contribution in [0, 0.1) is 9.49 Å². The lowest BCUT2D eigenvalue weighted by Crippen LogP contribution is -2.17. The van der Waals surface area contributed by atoms with E-state index in [2.05, 4.69) is 44.8 Å². The topological polar surface area (TPSA) is 58.0 Å². The Bertz CT molecular complexity index is 303. The van der Waals surface area contributed by atoms with Gasteiger partial charge in [-0.25, -0.2) is 9.97 Å². The first-order valence-corrected chi connectivity index (χ1v) is 6.66. The van der Waals surface area contributed by atoms with Crippen LogP contribution in [0.15, 0.2) is 12.5 Å².